The average molecular weight is 264 g/mol. The van der Waals surface area contributed by atoms with Gasteiger partial charge in [0.2, 0.25) is 0 Å². The molecule has 4 heteroatoms. The zero-order chi connectivity index (χ0) is 12.7. The van der Waals surface area contributed by atoms with Gasteiger partial charge in [-0.05, 0) is 55.7 Å². The Balaban J connectivity index is 1.75. The van der Waals surface area contributed by atoms with Crippen molar-refractivity contribution in [3.8, 4) is 0 Å². The molecule has 0 atom stereocenters. The zero-order valence-electron chi connectivity index (χ0n) is 10.2. The molecule has 2 fully saturated rings. The van der Waals surface area contributed by atoms with Crippen LogP contribution in [0.15, 0.2) is 18.2 Å². The van der Waals surface area contributed by atoms with Gasteiger partial charge < -0.3 is 11.1 Å². The van der Waals surface area contributed by atoms with Gasteiger partial charge in [-0.1, -0.05) is 12.2 Å². The molecule has 0 bridgehead atoms. The predicted molar refractivity (Wildman–Crippen MR) is 75.1 cm³/mol. The van der Waals surface area contributed by atoms with Crippen molar-refractivity contribution in [3.05, 3.63) is 29.6 Å². The van der Waals surface area contributed by atoms with E-state index in [0.29, 0.717) is 11.6 Å². The monoisotopic (exact) mass is 264 g/mol. The van der Waals surface area contributed by atoms with Crippen LogP contribution in [0.3, 0.4) is 0 Å². The summed E-state index contributed by atoms with van der Waals surface area (Å²) in [6.07, 6.45) is 5.23. The number of nitrogens with one attached hydrogen (secondary N) is 1. The third-order valence-electron chi connectivity index (χ3n) is 3.83. The quantitative estimate of drug-likeness (QED) is 0.803. The highest BCUT2D eigenvalue weighted by atomic mass is 32.1. The smallest absolute Gasteiger partial charge is 0.135 e. The maximum Gasteiger partial charge on any atom is 0.135 e. The van der Waals surface area contributed by atoms with Gasteiger partial charge in [-0.15, -0.1) is 0 Å². The zero-order valence-corrected chi connectivity index (χ0v) is 11.0. The van der Waals surface area contributed by atoms with Gasteiger partial charge in [0.05, 0.1) is 0 Å². The lowest BCUT2D eigenvalue weighted by atomic mass is 10.1. The van der Waals surface area contributed by atoms with Crippen LogP contribution in [0.5, 0.6) is 0 Å². The van der Waals surface area contributed by atoms with E-state index in [-0.39, 0.29) is 10.8 Å². The molecule has 3 N–H and O–H groups in total. The largest absolute Gasteiger partial charge is 0.389 e. The fourth-order valence-corrected chi connectivity index (χ4v) is 2.69. The van der Waals surface area contributed by atoms with Crippen LogP contribution in [0.1, 0.15) is 31.2 Å². The molecule has 0 unspecified atom stereocenters. The third-order valence-corrected chi connectivity index (χ3v) is 4.05. The van der Waals surface area contributed by atoms with Crippen molar-refractivity contribution in [1.82, 2.24) is 0 Å². The molecule has 3 rings (SSSR count). The van der Waals surface area contributed by atoms with E-state index >= 15 is 0 Å². The first kappa shape index (κ1) is 11.9. The van der Waals surface area contributed by atoms with Crippen molar-refractivity contribution >= 4 is 22.9 Å². The summed E-state index contributed by atoms with van der Waals surface area (Å²) in [5.74, 6) is 1.24. The summed E-state index contributed by atoms with van der Waals surface area (Å²) in [5, 5.41) is 3.49. The van der Waals surface area contributed by atoms with Gasteiger partial charge in [-0.3, -0.25) is 0 Å². The molecule has 2 nitrogen and oxygen atoms in total. The van der Waals surface area contributed by atoms with E-state index in [1.54, 1.807) is 6.07 Å². The summed E-state index contributed by atoms with van der Waals surface area (Å²) < 4.78 is 13.8. The number of rotatable bonds is 5. The Kier molecular flexibility index (Phi) is 2.98. The maximum absolute atomic E-state index is 13.8. The van der Waals surface area contributed by atoms with Crippen molar-refractivity contribution in [3.63, 3.8) is 0 Å². The lowest BCUT2D eigenvalue weighted by molar-refractivity contribution is 0.566. The predicted octanol–water partition coefficient (Wildman–Crippen LogP) is 3.06. The standard InChI is InChI=1S/C14H17FN2S/c15-12-7-10(5-6-11(12)14(16)18)17-13(8-1-2-8)9-3-4-9/h5-9,13,17H,1-4H2,(H2,16,18). The molecule has 0 saturated heterocycles. The highest BCUT2D eigenvalue weighted by Gasteiger charge is 2.41. The van der Waals surface area contributed by atoms with Gasteiger partial charge in [-0.25, -0.2) is 4.39 Å². The van der Waals surface area contributed by atoms with Gasteiger partial charge in [0.25, 0.3) is 0 Å². The summed E-state index contributed by atoms with van der Waals surface area (Å²) in [6, 6.07) is 5.57. The highest BCUT2D eigenvalue weighted by Crippen LogP contribution is 2.45. The number of hydrogen-bond donors (Lipinski definition) is 2. The average Bonchev–Trinajstić information content (AvgIpc) is 3.17. The second-order valence-electron chi connectivity index (χ2n) is 5.40. The molecule has 0 aromatic heterocycles. The molecule has 0 radical (unpaired) electrons. The summed E-state index contributed by atoms with van der Waals surface area (Å²) in [4.78, 5) is 0.111. The first-order chi connectivity index (χ1) is 8.65. The number of nitrogens with two attached hydrogens (primary N) is 1. The molecule has 2 aliphatic rings. The molecule has 1 aromatic carbocycles. The third kappa shape index (κ3) is 2.48. The Hall–Kier alpha value is -1.16. The molecule has 0 amide bonds. The maximum atomic E-state index is 13.8. The molecule has 0 aliphatic heterocycles. The summed E-state index contributed by atoms with van der Waals surface area (Å²) in [6.45, 7) is 0. The Morgan fingerprint density at radius 3 is 2.33 bits per heavy atom. The molecule has 2 aliphatic carbocycles. The molecular formula is C14H17FN2S. The Bertz CT molecular complexity index is 469. The van der Waals surface area contributed by atoms with Crippen LogP contribution in [-0.4, -0.2) is 11.0 Å². The van der Waals surface area contributed by atoms with Crippen molar-refractivity contribution in [2.75, 3.05) is 5.32 Å². The molecule has 2 saturated carbocycles. The van der Waals surface area contributed by atoms with Crippen LogP contribution < -0.4 is 11.1 Å². The SMILES string of the molecule is NC(=S)c1ccc(NC(C2CC2)C2CC2)cc1F. The number of halogens is 1. The first-order valence-corrected chi connectivity index (χ1v) is 6.92. The van der Waals surface area contributed by atoms with Crippen LogP contribution in [0.4, 0.5) is 10.1 Å². The van der Waals surface area contributed by atoms with E-state index in [0.717, 1.165) is 17.5 Å². The molecule has 0 heterocycles. The van der Waals surface area contributed by atoms with Gasteiger partial charge in [-0.2, -0.15) is 0 Å². The van der Waals surface area contributed by atoms with Crippen molar-refractivity contribution in [2.45, 2.75) is 31.7 Å². The first-order valence-electron chi connectivity index (χ1n) is 6.51. The molecular weight excluding hydrogens is 247 g/mol. The minimum atomic E-state index is -0.335. The van der Waals surface area contributed by atoms with E-state index in [4.69, 9.17) is 18.0 Å². The lowest BCUT2D eigenvalue weighted by Gasteiger charge is -2.19. The van der Waals surface area contributed by atoms with Gasteiger partial charge >= 0.3 is 0 Å². The lowest BCUT2D eigenvalue weighted by Crippen LogP contribution is -2.24. The van der Waals surface area contributed by atoms with E-state index in [9.17, 15) is 4.39 Å². The molecule has 18 heavy (non-hydrogen) atoms. The van der Waals surface area contributed by atoms with E-state index in [2.05, 4.69) is 5.32 Å². The van der Waals surface area contributed by atoms with Crippen molar-refractivity contribution in [2.24, 2.45) is 17.6 Å². The molecule has 0 spiro atoms. The normalized spacial score (nSPS) is 19.0. The Morgan fingerprint density at radius 1 is 1.28 bits per heavy atom. The minimum absolute atomic E-state index is 0.111. The Morgan fingerprint density at radius 2 is 1.89 bits per heavy atom. The summed E-state index contributed by atoms with van der Waals surface area (Å²) >= 11 is 4.80. The van der Waals surface area contributed by atoms with E-state index < -0.39 is 0 Å². The van der Waals surface area contributed by atoms with Crippen molar-refractivity contribution < 1.29 is 4.39 Å². The topological polar surface area (TPSA) is 38.0 Å². The highest BCUT2D eigenvalue weighted by molar-refractivity contribution is 7.80. The number of hydrogen-bond acceptors (Lipinski definition) is 2. The van der Waals surface area contributed by atoms with Crippen LogP contribution in [0, 0.1) is 17.7 Å². The van der Waals surface area contributed by atoms with Crippen LogP contribution in [0.2, 0.25) is 0 Å². The van der Waals surface area contributed by atoms with Gasteiger partial charge in [0.1, 0.15) is 10.8 Å². The van der Waals surface area contributed by atoms with Crippen LogP contribution in [-0.2, 0) is 0 Å². The van der Waals surface area contributed by atoms with E-state index in [1.165, 1.54) is 31.7 Å². The number of benzene rings is 1. The van der Waals surface area contributed by atoms with Crippen LogP contribution >= 0.6 is 12.2 Å². The summed E-state index contributed by atoms with van der Waals surface area (Å²) in [5.41, 5.74) is 6.62. The minimum Gasteiger partial charge on any atom is -0.389 e. The number of anilines is 1. The second-order valence-corrected chi connectivity index (χ2v) is 5.84. The Labute approximate surface area is 112 Å². The van der Waals surface area contributed by atoms with Crippen LogP contribution in [0.25, 0.3) is 0 Å². The molecule has 1 aromatic rings. The van der Waals surface area contributed by atoms with Crippen molar-refractivity contribution in [1.29, 1.82) is 0 Å². The fraction of sp³-hybridized carbons (Fsp3) is 0.500. The number of thiocarbonyl (C=S) groups is 1. The fourth-order valence-electron chi connectivity index (χ4n) is 2.53. The van der Waals surface area contributed by atoms with E-state index in [1.807, 2.05) is 6.07 Å². The second kappa shape index (κ2) is 4.50. The van der Waals surface area contributed by atoms with Gasteiger partial charge in [0.15, 0.2) is 0 Å². The molecule has 96 valence electrons. The van der Waals surface area contributed by atoms with Gasteiger partial charge in [0, 0.05) is 17.3 Å². The summed E-state index contributed by atoms with van der Waals surface area (Å²) in [7, 11) is 0.